The molecule has 1 N–H and O–H groups in total. The van der Waals surface area contributed by atoms with Gasteiger partial charge in [-0.15, -0.1) is 0 Å². The minimum Gasteiger partial charge on any atom is -0.488 e. The second-order valence-corrected chi connectivity index (χ2v) is 4.60. The van der Waals surface area contributed by atoms with E-state index in [1.54, 1.807) is 7.11 Å². The van der Waals surface area contributed by atoms with E-state index < -0.39 is 6.10 Å². The molecular formula is C14H20O4. The molecule has 0 radical (unpaired) electrons. The van der Waals surface area contributed by atoms with Crippen LogP contribution in [0.5, 0.6) is 5.75 Å². The van der Waals surface area contributed by atoms with Crippen molar-refractivity contribution in [1.29, 1.82) is 0 Å². The quantitative estimate of drug-likeness (QED) is 0.780. The van der Waals surface area contributed by atoms with Crippen LogP contribution in [0, 0.1) is 6.92 Å². The molecule has 1 aromatic carbocycles. The predicted molar refractivity (Wildman–Crippen MR) is 67.8 cm³/mol. The van der Waals surface area contributed by atoms with Crippen molar-refractivity contribution in [2.24, 2.45) is 0 Å². The van der Waals surface area contributed by atoms with E-state index in [1.165, 1.54) is 0 Å². The molecule has 0 bridgehead atoms. The summed E-state index contributed by atoms with van der Waals surface area (Å²) in [6.45, 7) is 3.03. The Balaban J connectivity index is 1.85. The number of aliphatic hydroxyl groups is 1. The van der Waals surface area contributed by atoms with Crippen LogP contribution in [0.4, 0.5) is 0 Å². The number of hydrogen-bond acceptors (Lipinski definition) is 4. The molecule has 0 aromatic heterocycles. The summed E-state index contributed by atoms with van der Waals surface area (Å²) in [7, 11) is 1.63. The Bertz CT molecular complexity index is 380. The Labute approximate surface area is 107 Å². The molecule has 0 saturated heterocycles. The zero-order valence-electron chi connectivity index (χ0n) is 10.8. The lowest BCUT2D eigenvalue weighted by Crippen LogP contribution is -2.55. The molecule has 1 saturated carbocycles. The maximum absolute atomic E-state index is 9.66. The van der Waals surface area contributed by atoms with Crippen molar-refractivity contribution in [1.82, 2.24) is 0 Å². The van der Waals surface area contributed by atoms with Crippen LogP contribution in [-0.4, -0.2) is 43.7 Å². The molecule has 4 heteroatoms. The first-order chi connectivity index (χ1) is 8.70. The van der Waals surface area contributed by atoms with Gasteiger partial charge in [-0.25, -0.2) is 0 Å². The van der Waals surface area contributed by atoms with Gasteiger partial charge in [0.15, 0.2) is 0 Å². The van der Waals surface area contributed by atoms with Crippen LogP contribution in [0.25, 0.3) is 0 Å². The van der Waals surface area contributed by atoms with Crippen molar-refractivity contribution in [3.8, 4) is 5.75 Å². The lowest BCUT2D eigenvalue weighted by Gasteiger charge is -2.40. The van der Waals surface area contributed by atoms with E-state index >= 15 is 0 Å². The number of benzene rings is 1. The summed E-state index contributed by atoms with van der Waals surface area (Å²) in [6.07, 6.45) is -0.137. The molecule has 2 rings (SSSR count). The van der Waals surface area contributed by atoms with E-state index in [2.05, 4.69) is 0 Å². The number of aliphatic hydroxyl groups excluding tert-OH is 1. The minimum absolute atomic E-state index is 0.0707. The van der Waals surface area contributed by atoms with E-state index in [0.717, 1.165) is 11.3 Å². The van der Waals surface area contributed by atoms with Gasteiger partial charge in [-0.2, -0.15) is 0 Å². The Morgan fingerprint density at radius 3 is 2.83 bits per heavy atom. The molecule has 0 aliphatic heterocycles. The maximum atomic E-state index is 9.66. The van der Waals surface area contributed by atoms with E-state index in [-0.39, 0.29) is 12.2 Å². The molecule has 3 atom stereocenters. The maximum Gasteiger partial charge on any atom is 0.130 e. The summed E-state index contributed by atoms with van der Waals surface area (Å²) in [5.74, 6) is 0.826. The van der Waals surface area contributed by atoms with E-state index in [0.29, 0.717) is 19.6 Å². The normalized spacial score (nSPS) is 26.7. The molecule has 0 heterocycles. The molecule has 3 unspecified atom stereocenters. The van der Waals surface area contributed by atoms with Crippen LogP contribution in [0.3, 0.4) is 0 Å². The number of methoxy groups -OCH3 is 1. The fraction of sp³-hybridized carbons (Fsp3) is 0.571. The minimum atomic E-state index is -0.434. The van der Waals surface area contributed by atoms with Crippen LogP contribution in [0.15, 0.2) is 24.3 Å². The van der Waals surface area contributed by atoms with Crippen molar-refractivity contribution in [3.63, 3.8) is 0 Å². The topological polar surface area (TPSA) is 47.9 Å². The van der Waals surface area contributed by atoms with Crippen molar-refractivity contribution >= 4 is 0 Å². The third-order valence-corrected chi connectivity index (χ3v) is 3.09. The third kappa shape index (κ3) is 3.22. The predicted octanol–water partition coefficient (Wildman–Crippen LogP) is 1.54. The van der Waals surface area contributed by atoms with Gasteiger partial charge in [-0.05, 0) is 24.6 Å². The number of aryl methyl sites for hydroxylation is 1. The summed E-state index contributed by atoms with van der Waals surface area (Å²) in [4.78, 5) is 0. The first-order valence-corrected chi connectivity index (χ1v) is 6.22. The summed E-state index contributed by atoms with van der Waals surface area (Å²) in [5, 5.41) is 9.66. The third-order valence-electron chi connectivity index (χ3n) is 3.09. The largest absolute Gasteiger partial charge is 0.488 e. The van der Waals surface area contributed by atoms with Crippen molar-refractivity contribution < 1.29 is 19.3 Å². The molecule has 1 fully saturated rings. The Kier molecular flexibility index (Phi) is 4.58. The van der Waals surface area contributed by atoms with Gasteiger partial charge >= 0.3 is 0 Å². The van der Waals surface area contributed by atoms with Gasteiger partial charge in [0, 0.05) is 13.5 Å². The highest BCUT2D eigenvalue weighted by molar-refractivity contribution is 5.28. The van der Waals surface area contributed by atoms with Crippen LogP contribution in [0.1, 0.15) is 12.0 Å². The number of hydrogen-bond donors (Lipinski definition) is 1. The van der Waals surface area contributed by atoms with Gasteiger partial charge in [0.05, 0.1) is 19.3 Å². The summed E-state index contributed by atoms with van der Waals surface area (Å²) in [6, 6.07) is 7.89. The standard InChI is InChI=1S/C14H20O4/c1-10-4-3-5-11(8-10)18-13-9-12(15)14(13)17-7-6-16-2/h3-5,8,12-15H,6-7,9H2,1-2H3. The highest BCUT2D eigenvalue weighted by atomic mass is 16.6. The molecule has 1 aliphatic rings. The van der Waals surface area contributed by atoms with Crippen LogP contribution in [-0.2, 0) is 9.47 Å². The Morgan fingerprint density at radius 1 is 1.33 bits per heavy atom. The fourth-order valence-electron chi connectivity index (χ4n) is 2.02. The number of rotatable bonds is 6. The van der Waals surface area contributed by atoms with Gasteiger partial charge < -0.3 is 19.3 Å². The zero-order chi connectivity index (χ0) is 13.0. The lowest BCUT2D eigenvalue weighted by molar-refractivity contribution is -0.167. The molecule has 1 aromatic rings. The summed E-state index contributed by atoms with van der Waals surface area (Å²) in [5.41, 5.74) is 1.16. The van der Waals surface area contributed by atoms with E-state index in [9.17, 15) is 5.11 Å². The molecule has 18 heavy (non-hydrogen) atoms. The van der Waals surface area contributed by atoms with Gasteiger partial charge in [0.25, 0.3) is 0 Å². The Hall–Kier alpha value is -1.10. The van der Waals surface area contributed by atoms with Crippen molar-refractivity contribution in [3.05, 3.63) is 29.8 Å². The van der Waals surface area contributed by atoms with Gasteiger partial charge in [0.1, 0.15) is 18.0 Å². The Morgan fingerprint density at radius 2 is 2.17 bits per heavy atom. The van der Waals surface area contributed by atoms with Gasteiger partial charge in [0.2, 0.25) is 0 Å². The van der Waals surface area contributed by atoms with E-state index in [1.807, 2.05) is 31.2 Å². The molecule has 0 spiro atoms. The van der Waals surface area contributed by atoms with Crippen molar-refractivity contribution in [2.75, 3.05) is 20.3 Å². The fourth-order valence-corrected chi connectivity index (χ4v) is 2.02. The smallest absolute Gasteiger partial charge is 0.130 e. The molecular weight excluding hydrogens is 232 g/mol. The first kappa shape index (κ1) is 13.3. The van der Waals surface area contributed by atoms with E-state index in [4.69, 9.17) is 14.2 Å². The van der Waals surface area contributed by atoms with Crippen LogP contribution in [0.2, 0.25) is 0 Å². The monoisotopic (exact) mass is 252 g/mol. The van der Waals surface area contributed by atoms with Gasteiger partial charge in [-0.1, -0.05) is 12.1 Å². The molecule has 0 amide bonds. The summed E-state index contributed by atoms with van der Waals surface area (Å²) >= 11 is 0. The van der Waals surface area contributed by atoms with Gasteiger partial charge in [-0.3, -0.25) is 0 Å². The van der Waals surface area contributed by atoms with Crippen LogP contribution >= 0.6 is 0 Å². The first-order valence-electron chi connectivity index (χ1n) is 6.22. The van der Waals surface area contributed by atoms with Crippen molar-refractivity contribution in [2.45, 2.75) is 31.7 Å². The molecule has 100 valence electrons. The second kappa shape index (κ2) is 6.18. The number of ether oxygens (including phenoxy) is 3. The average molecular weight is 252 g/mol. The second-order valence-electron chi connectivity index (χ2n) is 4.60. The molecule has 4 nitrogen and oxygen atoms in total. The lowest BCUT2D eigenvalue weighted by atomic mass is 9.88. The zero-order valence-corrected chi connectivity index (χ0v) is 10.8. The molecule has 1 aliphatic carbocycles. The average Bonchev–Trinajstić information content (AvgIpc) is 2.34. The highest BCUT2D eigenvalue weighted by Gasteiger charge is 2.42. The SMILES string of the molecule is COCCOC1C(O)CC1Oc1cccc(C)c1. The van der Waals surface area contributed by atoms with Crippen LogP contribution < -0.4 is 4.74 Å². The highest BCUT2D eigenvalue weighted by Crippen LogP contribution is 2.29. The summed E-state index contributed by atoms with van der Waals surface area (Å²) < 4.78 is 16.3.